The second-order valence-corrected chi connectivity index (χ2v) is 7.54. The lowest BCUT2D eigenvalue weighted by Crippen LogP contribution is -2.14. The fourth-order valence-corrected chi connectivity index (χ4v) is 3.07. The van der Waals surface area contributed by atoms with E-state index >= 15 is 0 Å². The van der Waals surface area contributed by atoms with Crippen molar-refractivity contribution in [2.24, 2.45) is 0 Å². The third kappa shape index (κ3) is 3.60. The number of amides is 1. The number of nitrogens with one attached hydrogen (secondary N) is 1. The van der Waals surface area contributed by atoms with Crippen LogP contribution in [0.25, 0.3) is 10.9 Å². The Bertz CT molecular complexity index is 991. The third-order valence-corrected chi connectivity index (χ3v) is 4.75. The van der Waals surface area contributed by atoms with Gasteiger partial charge in [-0.3, -0.25) is 9.78 Å². The van der Waals surface area contributed by atoms with Crippen molar-refractivity contribution in [3.05, 3.63) is 66.4 Å². The van der Waals surface area contributed by atoms with E-state index in [2.05, 4.69) is 10.3 Å². The predicted octanol–water partition coefficient (Wildman–Crippen LogP) is 2.82. The van der Waals surface area contributed by atoms with Crippen LogP contribution in [0, 0.1) is 0 Å². The molecule has 1 N–H and O–H groups in total. The predicted molar refractivity (Wildman–Crippen MR) is 93.6 cm³/mol. The molecule has 24 heavy (non-hydrogen) atoms. The SMILES string of the molecule is CS(=O)(=O)c1ccc(CC(=O)Nc2cccc3cccnc23)cc1. The van der Waals surface area contributed by atoms with Crippen LogP contribution < -0.4 is 5.32 Å². The first kappa shape index (κ1) is 16.1. The molecule has 3 aromatic rings. The molecule has 6 heteroatoms. The lowest BCUT2D eigenvalue weighted by atomic mass is 10.1. The number of rotatable bonds is 4. The molecule has 0 spiro atoms. The summed E-state index contributed by atoms with van der Waals surface area (Å²) in [6.45, 7) is 0. The molecule has 0 unspecified atom stereocenters. The average molecular weight is 340 g/mol. The van der Waals surface area contributed by atoms with E-state index in [-0.39, 0.29) is 17.2 Å². The number of hydrogen-bond donors (Lipinski definition) is 1. The van der Waals surface area contributed by atoms with Crippen LogP contribution >= 0.6 is 0 Å². The van der Waals surface area contributed by atoms with Gasteiger partial charge in [0.2, 0.25) is 5.91 Å². The fourth-order valence-electron chi connectivity index (χ4n) is 2.44. The van der Waals surface area contributed by atoms with E-state index in [1.807, 2.05) is 24.3 Å². The van der Waals surface area contributed by atoms with E-state index in [0.717, 1.165) is 22.7 Å². The number of benzene rings is 2. The number of hydrogen-bond acceptors (Lipinski definition) is 4. The second kappa shape index (κ2) is 6.41. The zero-order valence-electron chi connectivity index (χ0n) is 13.1. The van der Waals surface area contributed by atoms with Gasteiger partial charge in [0.25, 0.3) is 0 Å². The Morgan fingerprint density at radius 3 is 2.46 bits per heavy atom. The van der Waals surface area contributed by atoms with Gasteiger partial charge in [-0.15, -0.1) is 0 Å². The van der Waals surface area contributed by atoms with E-state index in [9.17, 15) is 13.2 Å². The molecule has 5 nitrogen and oxygen atoms in total. The number of anilines is 1. The molecule has 1 aromatic heterocycles. The van der Waals surface area contributed by atoms with Gasteiger partial charge in [0.15, 0.2) is 9.84 Å². The molecule has 2 aromatic carbocycles. The minimum atomic E-state index is -3.23. The number of aromatic nitrogens is 1. The van der Waals surface area contributed by atoms with Gasteiger partial charge < -0.3 is 5.32 Å². The smallest absolute Gasteiger partial charge is 0.228 e. The quantitative estimate of drug-likeness (QED) is 0.792. The van der Waals surface area contributed by atoms with Crippen molar-refractivity contribution in [1.29, 1.82) is 0 Å². The molecule has 0 saturated heterocycles. The van der Waals surface area contributed by atoms with Gasteiger partial charge in [-0.05, 0) is 29.8 Å². The molecule has 1 heterocycles. The molecule has 0 fully saturated rings. The van der Waals surface area contributed by atoms with Crippen LogP contribution in [0.2, 0.25) is 0 Å². The average Bonchev–Trinajstić information content (AvgIpc) is 2.55. The van der Waals surface area contributed by atoms with Gasteiger partial charge in [-0.1, -0.05) is 30.3 Å². The lowest BCUT2D eigenvalue weighted by Gasteiger charge is -2.08. The second-order valence-electron chi connectivity index (χ2n) is 5.52. The first-order chi connectivity index (χ1) is 11.4. The highest BCUT2D eigenvalue weighted by Crippen LogP contribution is 2.21. The Hall–Kier alpha value is -2.73. The molecule has 0 bridgehead atoms. The molecular formula is C18H16N2O3S. The highest BCUT2D eigenvalue weighted by atomic mass is 32.2. The van der Waals surface area contributed by atoms with Crippen LogP contribution in [0.3, 0.4) is 0 Å². The fraction of sp³-hybridized carbons (Fsp3) is 0.111. The number of fused-ring (bicyclic) bond motifs is 1. The van der Waals surface area contributed by atoms with Crippen LogP contribution in [0.1, 0.15) is 5.56 Å². The van der Waals surface area contributed by atoms with E-state index in [1.54, 1.807) is 24.4 Å². The lowest BCUT2D eigenvalue weighted by molar-refractivity contribution is -0.115. The van der Waals surface area contributed by atoms with Gasteiger partial charge in [-0.25, -0.2) is 8.42 Å². The Labute approximate surface area is 140 Å². The van der Waals surface area contributed by atoms with E-state index in [4.69, 9.17) is 0 Å². The van der Waals surface area contributed by atoms with Crippen molar-refractivity contribution >= 4 is 32.3 Å². The largest absolute Gasteiger partial charge is 0.324 e. The number of sulfone groups is 1. The van der Waals surface area contributed by atoms with Crippen molar-refractivity contribution < 1.29 is 13.2 Å². The first-order valence-corrected chi connectivity index (χ1v) is 9.25. The zero-order chi connectivity index (χ0) is 17.2. The molecule has 3 rings (SSSR count). The summed E-state index contributed by atoms with van der Waals surface area (Å²) in [7, 11) is -3.23. The highest BCUT2D eigenvalue weighted by Gasteiger charge is 2.10. The summed E-state index contributed by atoms with van der Waals surface area (Å²) < 4.78 is 22.9. The van der Waals surface area contributed by atoms with Gasteiger partial charge in [-0.2, -0.15) is 0 Å². The van der Waals surface area contributed by atoms with Crippen molar-refractivity contribution in [2.45, 2.75) is 11.3 Å². The Morgan fingerprint density at radius 2 is 1.75 bits per heavy atom. The molecule has 0 atom stereocenters. The summed E-state index contributed by atoms with van der Waals surface area (Å²) in [4.78, 5) is 16.8. The van der Waals surface area contributed by atoms with Crippen molar-refractivity contribution in [1.82, 2.24) is 4.98 Å². The van der Waals surface area contributed by atoms with Crippen LogP contribution in [0.4, 0.5) is 5.69 Å². The van der Waals surface area contributed by atoms with E-state index < -0.39 is 9.84 Å². The summed E-state index contributed by atoms with van der Waals surface area (Å²) in [5, 5.41) is 3.81. The number of carbonyl (C=O) groups is 1. The number of carbonyl (C=O) groups excluding carboxylic acids is 1. The molecule has 0 aliphatic carbocycles. The van der Waals surface area contributed by atoms with Crippen molar-refractivity contribution in [2.75, 3.05) is 11.6 Å². The molecule has 1 amide bonds. The van der Waals surface area contributed by atoms with Crippen molar-refractivity contribution in [3.63, 3.8) is 0 Å². The van der Waals surface area contributed by atoms with Crippen LogP contribution in [0.15, 0.2) is 65.7 Å². The third-order valence-electron chi connectivity index (χ3n) is 3.62. The normalized spacial score (nSPS) is 11.4. The summed E-state index contributed by atoms with van der Waals surface area (Å²) in [5.74, 6) is -0.180. The van der Waals surface area contributed by atoms with E-state index in [1.165, 1.54) is 12.1 Å². The molecule has 0 aliphatic rings. The maximum Gasteiger partial charge on any atom is 0.228 e. The summed E-state index contributed by atoms with van der Waals surface area (Å²) in [6.07, 6.45) is 3.00. The maximum absolute atomic E-state index is 12.3. The Morgan fingerprint density at radius 1 is 1.04 bits per heavy atom. The minimum Gasteiger partial charge on any atom is -0.324 e. The minimum absolute atomic E-state index is 0.160. The maximum atomic E-state index is 12.3. The topological polar surface area (TPSA) is 76.1 Å². The van der Waals surface area contributed by atoms with Crippen LogP contribution in [0.5, 0.6) is 0 Å². The Balaban J connectivity index is 1.76. The molecule has 0 radical (unpaired) electrons. The molecule has 0 saturated carbocycles. The first-order valence-electron chi connectivity index (χ1n) is 7.36. The highest BCUT2D eigenvalue weighted by molar-refractivity contribution is 7.90. The summed E-state index contributed by atoms with van der Waals surface area (Å²) in [5.41, 5.74) is 2.14. The Kier molecular flexibility index (Phi) is 4.31. The number of para-hydroxylation sites is 1. The van der Waals surface area contributed by atoms with Crippen LogP contribution in [-0.4, -0.2) is 25.6 Å². The van der Waals surface area contributed by atoms with Crippen molar-refractivity contribution in [3.8, 4) is 0 Å². The summed E-state index contributed by atoms with van der Waals surface area (Å²) >= 11 is 0. The molecule has 122 valence electrons. The number of pyridine rings is 1. The van der Waals surface area contributed by atoms with Gasteiger partial charge in [0.1, 0.15) is 0 Å². The zero-order valence-corrected chi connectivity index (χ0v) is 13.9. The van der Waals surface area contributed by atoms with Gasteiger partial charge >= 0.3 is 0 Å². The van der Waals surface area contributed by atoms with Gasteiger partial charge in [0.05, 0.1) is 22.5 Å². The standard InChI is InChI=1S/C18H16N2O3S/c1-24(22,23)15-9-7-13(8-10-15)12-17(21)20-16-6-2-4-14-5-3-11-19-18(14)16/h2-11H,12H2,1H3,(H,20,21). The molecule has 0 aliphatic heterocycles. The monoisotopic (exact) mass is 340 g/mol. The van der Waals surface area contributed by atoms with Crippen LogP contribution in [-0.2, 0) is 21.1 Å². The molecular weight excluding hydrogens is 324 g/mol. The van der Waals surface area contributed by atoms with Gasteiger partial charge in [0, 0.05) is 17.8 Å². The van der Waals surface area contributed by atoms with E-state index in [0.29, 0.717) is 5.69 Å². The summed E-state index contributed by atoms with van der Waals surface area (Å²) in [6, 6.07) is 15.7. The number of nitrogens with zero attached hydrogens (tertiary/aromatic N) is 1.